The third-order valence-electron chi connectivity index (χ3n) is 6.13. The molecule has 0 spiro atoms. The summed E-state index contributed by atoms with van der Waals surface area (Å²) >= 11 is 1.02. The highest BCUT2D eigenvalue weighted by Gasteiger charge is 2.80. The van der Waals surface area contributed by atoms with Crippen LogP contribution >= 0.6 is 11.3 Å². The number of thiophene rings is 1. The van der Waals surface area contributed by atoms with E-state index in [-0.39, 0.29) is 21.8 Å². The fourth-order valence-electron chi connectivity index (χ4n) is 4.14. The van der Waals surface area contributed by atoms with Crippen LogP contribution in [-0.2, 0) is 7.05 Å². The number of nitriles is 1. The quantitative estimate of drug-likeness (QED) is 0.362. The third kappa shape index (κ3) is 3.10. The molecule has 178 valence electrons. The van der Waals surface area contributed by atoms with Gasteiger partial charge in [0, 0.05) is 39.2 Å². The van der Waals surface area contributed by atoms with E-state index in [0.717, 1.165) is 17.4 Å². The molecule has 0 radical (unpaired) electrons. The maximum atomic E-state index is 15.2. The van der Waals surface area contributed by atoms with Gasteiger partial charge >= 0.3 is 17.8 Å². The lowest BCUT2D eigenvalue weighted by atomic mass is 9.94. The first-order valence-electron chi connectivity index (χ1n) is 10.00. The molecule has 0 fully saturated rings. The van der Waals surface area contributed by atoms with Crippen LogP contribution in [0, 0.1) is 25.2 Å². The summed E-state index contributed by atoms with van der Waals surface area (Å²) in [5.74, 6) is -15.5. The maximum Gasteiger partial charge on any atom is 0.380 e. The molecule has 1 aromatic carbocycles. The van der Waals surface area contributed by atoms with Gasteiger partial charge in [-0.25, -0.2) is 0 Å². The molecule has 0 amide bonds. The molecule has 2 aromatic heterocycles. The number of aromatic nitrogens is 1. The van der Waals surface area contributed by atoms with Crippen LogP contribution in [0.5, 0.6) is 5.75 Å². The average molecular weight is 496 g/mol. The Labute approximate surface area is 195 Å². The molecule has 0 atom stereocenters. The van der Waals surface area contributed by atoms with E-state index in [4.69, 9.17) is 4.74 Å². The van der Waals surface area contributed by atoms with Gasteiger partial charge in [-0.2, -0.15) is 31.6 Å². The zero-order valence-corrected chi connectivity index (χ0v) is 19.3. The van der Waals surface area contributed by atoms with E-state index in [9.17, 15) is 14.0 Å². The first-order valence-corrected chi connectivity index (χ1v) is 10.8. The van der Waals surface area contributed by atoms with Crippen molar-refractivity contribution in [2.45, 2.75) is 31.6 Å². The summed E-state index contributed by atoms with van der Waals surface area (Å²) in [7, 11) is 2.82. The molecule has 0 aliphatic heterocycles. The first kappa shape index (κ1) is 24.0. The van der Waals surface area contributed by atoms with Crippen LogP contribution in [0.3, 0.4) is 0 Å². The fourth-order valence-corrected chi connectivity index (χ4v) is 5.16. The number of hydrogen-bond acceptors (Lipinski definition) is 3. The molecular weight excluding hydrogens is 478 g/mol. The molecule has 10 heteroatoms. The topological polar surface area (TPSA) is 37.9 Å². The van der Waals surface area contributed by atoms with E-state index < -0.39 is 34.5 Å². The Morgan fingerprint density at radius 1 is 0.941 bits per heavy atom. The fraction of sp³-hybridized carbons (Fsp3) is 0.292. The second-order valence-electron chi connectivity index (χ2n) is 7.99. The lowest BCUT2D eigenvalue weighted by molar-refractivity contribution is -0.254. The van der Waals surface area contributed by atoms with Crippen molar-refractivity contribution in [3.05, 3.63) is 63.8 Å². The van der Waals surface area contributed by atoms with Gasteiger partial charge in [0.05, 0.1) is 7.11 Å². The van der Waals surface area contributed by atoms with E-state index in [0.29, 0.717) is 16.2 Å². The van der Waals surface area contributed by atoms with Crippen molar-refractivity contribution >= 4 is 22.5 Å². The van der Waals surface area contributed by atoms with Crippen molar-refractivity contribution in [2.24, 2.45) is 7.05 Å². The van der Waals surface area contributed by atoms with Gasteiger partial charge in [0.15, 0.2) is 0 Å². The van der Waals surface area contributed by atoms with Crippen molar-refractivity contribution < 1.29 is 31.1 Å². The van der Waals surface area contributed by atoms with E-state index in [2.05, 4.69) is 0 Å². The van der Waals surface area contributed by atoms with Crippen molar-refractivity contribution in [3.63, 3.8) is 0 Å². The summed E-state index contributed by atoms with van der Waals surface area (Å²) in [6.07, 6.45) is 0. The Morgan fingerprint density at radius 3 is 2.12 bits per heavy atom. The van der Waals surface area contributed by atoms with Crippen molar-refractivity contribution in [1.29, 1.82) is 5.26 Å². The van der Waals surface area contributed by atoms with Gasteiger partial charge in [-0.1, -0.05) is 12.1 Å². The zero-order chi connectivity index (χ0) is 25.2. The second-order valence-corrected chi connectivity index (χ2v) is 9.24. The summed E-state index contributed by atoms with van der Waals surface area (Å²) in [6.45, 7) is 2.73. The van der Waals surface area contributed by atoms with Crippen LogP contribution in [0.2, 0.25) is 0 Å². The minimum absolute atomic E-state index is 0.00173. The highest BCUT2D eigenvalue weighted by molar-refractivity contribution is 7.15. The number of aryl methyl sites for hydroxylation is 1. The molecule has 2 heterocycles. The minimum atomic E-state index is -5.66. The molecule has 3 aromatic rings. The molecule has 0 saturated carbocycles. The molecule has 4 rings (SSSR count). The Bertz CT molecular complexity index is 1380. The van der Waals surface area contributed by atoms with E-state index in [1.54, 1.807) is 30.3 Å². The molecule has 34 heavy (non-hydrogen) atoms. The summed E-state index contributed by atoms with van der Waals surface area (Å²) in [4.78, 5) is 0.600. The van der Waals surface area contributed by atoms with Gasteiger partial charge in [-0.3, -0.25) is 0 Å². The molecule has 0 unspecified atom stereocenters. The third-order valence-corrected chi connectivity index (χ3v) is 7.23. The van der Waals surface area contributed by atoms with Gasteiger partial charge in [-0.15, -0.1) is 11.3 Å². The van der Waals surface area contributed by atoms with Crippen molar-refractivity contribution in [1.82, 2.24) is 4.57 Å². The molecule has 1 aliphatic rings. The summed E-state index contributed by atoms with van der Waals surface area (Å²) < 4.78 is 96.1. The van der Waals surface area contributed by atoms with E-state index in [1.165, 1.54) is 38.6 Å². The van der Waals surface area contributed by atoms with Gasteiger partial charge in [-0.05, 0) is 49.2 Å². The second kappa shape index (κ2) is 7.67. The molecule has 3 nitrogen and oxygen atoms in total. The van der Waals surface area contributed by atoms with Crippen molar-refractivity contribution in [3.8, 4) is 22.3 Å². The molecule has 0 saturated heterocycles. The van der Waals surface area contributed by atoms with Gasteiger partial charge < -0.3 is 9.30 Å². The molecule has 0 bridgehead atoms. The van der Waals surface area contributed by atoms with E-state index >= 15 is 17.6 Å². The van der Waals surface area contributed by atoms with Gasteiger partial charge in [0.2, 0.25) is 0 Å². The summed E-state index contributed by atoms with van der Waals surface area (Å²) in [6, 6.07) is 10.6. The Morgan fingerprint density at radius 2 is 1.56 bits per heavy atom. The molecule has 0 N–H and O–H groups in total. The minimum Gasteiger partial charge on any atom is -0.497 e. The number of benzene rings is 1. The lowest BCUT2D eigenvalue weighted by Gasteiger charge is -2.25. The highest BCUT2D eigenvalue weighted by atomic mass is 32.1. The van der Waals surface area contributed by atoms with Crippen LogP contribution in [0.4, 0.5) is 26.3 Å². The number of halogens is 6. The number of alkyl halides is 6. The Hall–Kier alpha value is -3.19. The van der Waals surface area contributed by atoms with Crippen LogP contribution in [0.25, 0.3) is 21.6 Å². The highest BCUT2D eigenvalue weighted by Crippen LogP contribution is 2.65. The molecule has 1 aliphatic carbocycles. The standard InChI is InChI=1S/C24H18F6N2OS/c1-12-17(9-15(11-31)32(12)3)20-21(23(27,28)24(29,30)22(20,25)26)18-10-19(34-13(18)2)14-6-5-7-16(8-14)33-4/h5-10H,1-4H3. The van der Waals surface area contributed by atoms with Gasteiger partial charge in [0.25, 0.3) is 0 Å². The monoisotopic (exact) mass is 496 g/mol. The predicted octanol–water partition coefficient (Wildman–Crippen LogP) is 7.08. The van der Waals surface area contributed by atoms with E-state index in [1.807, 2.05) is 0 Å². The normalized spacial score (nSPS) is 18.3. The number of allylic oxidation sites excluding steroid dienone is 2. The number of nitrogens with zero attached hydrogens (tertiary/aromatic N) is 2. The number of hydrogen-bond donors (Lipinski definition) is 0. The van der Waals surface area contributed by atoms with Gasteiger partial charge in [0.1, 0.15) is 17.5 Å². The maximum absolute atomic E-state index is 15.2. The molecular formula is C24H18F6N2OS. The van der Waals surface area contributed by atoms with Crippen LogP contribution in [0.15, 0.2) is 36.4 Å². The average Bonchev–Trinajstić information content (AvgIpc) is 3.33. The zero-order valence-electron chi connectivity index (χ0n) is 18.4. The largest absolute Gasteiger partial charge is 0.497 e. The summed E-state index contributed by atoms with van der Waals surface area (Å²) in [5, 5.41) is 9.25. The Balaban J connectivity index is 2.05. The van der Waals surface area contributed by atoms with Crippen LogP contribution in [0.1, 0.15) is 27.4 Å². The number of methoxy groups -OCH3 is 1. The predicted molar refractivity (Wildman–Crippen MR) is 118 cm³/mol. The number of rotatable bonds is 4. The van der Waals surface area contributed by atoms with Crippen molar-refractivity contribution in [2.75, 3.05) is 7.11 Å². The smallest absolute Gasteiger partial charge is 0.380 e. The summed E-state index contributed by atoms with van der Waals surface area (Å²) in [5.41, 5.74) is -3.35. The number of ether oxygens (including phenoxy) is 1. The Kier molecular flexibility index (Phi) is 5.40. The van der Waals surface area contributed by atoms with Crippen LogP contribution in [-0.4, -0.2) is 29.4 Å². The van der Waals surface area contributed by atoms with Crippen LogP contribution < -0.4 is 4.74 Å². The SMILES string of the molecule is COc1cccc(-c2cc(C3=C(c4cc(C#N)n(C)c4C)C(F)(F)C(F)(F)C3(F)F)c(C)s2)c1. The lowest BCUT2D eigenvalue weighted by Crippen LogP contribution is -2.48. The first-order chi connectivity index (χ1) is 15.8.